The van der Waals surface area contributed by atoms with E-state index in [4.69, 9.17) is 16.3 Å². The second kappa shape index (κ2) is 12.6. The lowest BCUT2D eigenvalue weighted by Crippen LogP contribution is -2.32. The first-order valence-corrected chi connectivity index (χ1v) is 13.4. The number of amides is 3. The monoisotopic (exact) mass is 559 g/mol. The lowest BCUT2D eigenvalue weighted by atomic mass is 10.0. The molecule has 3 aromatic carbocycles. The van der Waals surface area contributed by atoms with Crippen LogP contribution < -0.4 is 15.5 Å². The van der Waals surface area contributed by atoms with Crippen LogP contribution in [0.15, 0.2) is 83.5 Å². The van der Waals surface area contributed by atoms with Crippen molar-refractivity contribution < 1.29 is 23.9 Å². The molecule has 0 atom stereocenters. The summed E-state index contributed by atoms with van der Waals surface area (Å²) in [7, 11) is 0. The number of benzene rings is 3. The standard InChI is InChI=1S/C31H30ClN3O5/c1-4-5-17-40-31(39)21-9-8-10-23(18-21)35-29(37)26(32)27(30(35)38)33-22-15-13-20(14-16-22)28(36)34-25-12-7-6-11-24(25)19(2)3/h6-16,18-19,33H,4-5,17H2,1-3H3,(H,34,36). The summed E-state index contributed by atoms with van der Waals surface area (Å²) in [5.74, 6) is -1.95. The molecule has 0 aromatic heterocycles. The predicted octanol–water partition coefficient (Wildman–Crippen LogP) is 6.45. The van der Waals surface area contributed by atoms with Gasteiger partial charge in [-0.25, -0.2) is 9.69 Å². The van der Waals surface area contributed by atoms with Gasteiger partial charge in [-0.3, -0.25) is 14.4 Å². The maximum Gasteiger partial charge on any atom is 0.338 e. The number of anilines is 3. The first-order valence-electron chi connectivity index (χ1n) is 13.0. The fourth-order valence-corrected chi connectivity index (χ4v) is 4.38. The van der Waals surface area contributed by atoms with E-state index in [1.807, 2.05) is 31.2 Å². The van der Waals surface area contributed by atoms with Crippen LogP contribution in [0.4, 0.5) is 17.1 Å². The van der Waals surface area contributed by atoms with Crippen LogP contribution in [0.5, 0.6) is 0 Å². The van der Waals surface area contributed by atoms with Crippen LogP contribution in [0.2, 0.25) is 0 Å². The number of nitrogens with zero attached hydrogens (tertiary/aromatic N) is 1. The smallest absolute Gasteiger partial charge is 0.338 e. The van der Waals surface area contributed by atoms with E-state index in [0.29, 0.717) is 11.3 Å². The van der Waals surface area contributed by atoms with Gasteiger partial charge in [0.05, 0.1) is 17.9 Å². The zero-order valence-electron chi connectivity index (χ0n) is 22.5. The number of hydrogen-bond donors (Lipinski definition) is 2. The highest BCUT2D eigenvalue weighted by Crippen LogP contribution is 2.31. The Morgan fingerprint density at radius 1 is 0.925 bits per heavy atom. The molecular weight excluding hydrogens is 530 g/mol. The Labute approximate surface area is 238 Å². The molecule has 1 aliphatic rings. The Hall–Kier alpha value is -4.43. The van der Waals surface area contributed by atoms with Crippen molar-refractivity contribution in [2.24, 2.45) is 0 Å². The van der Waals surface area contributed by atoms with Gasteiger partial charge in [-0.05, 0) is 66.4 Å². The Morgan fingerprint density at radius 2 is 1.65 bits per heavy atom. The van der Waals surface area contributed by atoms with Gasteiger partial charge in [0, 0.05) is 16.9 Å². The lowest BCUT2D eigenvalue weighted by Gasteiger charge is -2.16. The van der Waals surface area contributed by atoms with E-state index >= 15 is 0 Å². The molecule has 206 valence electrons. The van der Waals surface area contributed by atoms with E-state index in [0.717, 1.165) is 29.0 Å². The normalized spacial score (nSPS) is 13.2. The van der Waals surface area contributed by atoms with Crippen LogP contribution in [0.1, 0.15) is 65.8 Å². The van der Waals surface area contributed by atoms with Crippen LogP contribution in [0.3, 0.4) is 0 Å². The van der Waals surface area contributed by atoms with Gasteiger partial charge in [0.1, 0.15) is 10.7 Å². The van der Waals surface area contributed by atoms with Gasteiger partial charge in [-0.1, -0.05) is 63.1 Å². The van der Waals surface area contributed by atoms with E-state index in [1.165, 1.54) is 12.1 Å². The van der Waals surface area contributed by atoms with Crippen LogP contribution in [0.25, 0.3) is 0 Å². The highest BCUT2D eigenvalue weighted by atomic mass is 35.5. The van der Waals surface area contributed by atoms with Crippen molar-refractivity contribution in [1.82, 2.24) is 0 Å². The minimum atomic E-state index is -0.717. The number of ether oxygens (including phenoxy) is 1. The third-order valence-electron chi connectivity index (χ3n) is 6.35. The fraction of sp³-hybridized carbons (Fsp3) is 0.226. The number of rotatable bonds is 10. The van der Waals surface area contributed by atoms with Crippen molar-refractivity contribution in [2.75, 3.05) is 22.1 Å². The molecule has 1 heterocycles. The number of imide groups is 1. The maximum absolute atomic E-state index is 13.2. The summed E-state index contributed by atoms with van der Waals surface area (Å²) in [5.41, 5.74) is 2.97. The molecule has 9 heteroatoms. The van der Waals surface area contributed by atoms with Gasteiger partial charge >= 0.3 is 5.97 Å². The molecule has 0 saturated carbocycles. The summed E-state index contributed by atoms with van der Waals surface area (Å²) in [6, 6.07) is 20.2. The van der Waals surface area contributed by atoms with Crippen LogP contribution in [-0.4, -0.2) is 30.3 Å². The van der Waals surface area contributed by atoms with Gasteiger partial charge in [-0.2, -0.15) is 0 Å². The Morgan fingerprint density at radius 3 is 2.35 bits per heavy atom. The van der Waals surface area contributed by atoms with Gasteiger partial charge in [-0.15, -0.1) is 0 Å². The maximum atomic E-state index is 13.2. The van der Waals surface area contributed by atoms with Gasteiger partial charge < -0.3 is 15.4 Å². The molecule has 3 amide bonds. The molecule has 4 rings (SSSR count). The van der Waals surface area contributed by atoms with E-state index in [2.05, 4.69) is 24.5 Å². The summed E-state index contributed by atoms with van der Waals surface area (Å²) < 4.78 is 5.23. The first-order chi connectivity index (χ1) is 19.2. The third-order valence-corrected chi connectivity index (χ3v) is 6.70. The molecule has 0 radical (unpaired) electrons. The molecule has 0 bridgehead atoms. The molecule has 0 saturated heterocycles. The molecule has 2 N–H and O–H groups in total. The Kier molecular flexibility index (Phi) is 9.01. The predicted molar refractivity (Wildman–Crippen MR) is 156 cm³/mol. The Balaban J connectivity index is 1.46. The number of carbonyl (C=O) groups is 4. The third kappa shape index (κ3) is 6.24. The number of nitrogens with one attached hydrogen (secondary N) is 2. The number of hydrogen-bond acceptors (Lipinski definition) is 6. The Bertz CT molecular complexity index is 1480. The molecule has 8 nitrogen and oxygen atoms in total. The quantitative estimate of drug-likeness (QED) is 0.168. The summed E-state index contributed by atoms with van der Waals surface area (Å²) in [5, 5.41) is 5.55. The molecule has 0 unspecified atom stereocenters. The van der Waals surface area contributed by atoms with Gasteiger partial charge in [0.25, 0.3) is 17.7 Å². The molecule has 3 aromatic rings. The SMILES string of the molecule is CCCCOC(=O)c1cccc(N2C(=O)C(Cl)=C(Nc3ccc(C(=O)Nc4ccccc4C(C)C)cc3)C2=O)c1. The van der Waals surface area contributed by atoms with Crippen LogP contribution in [0, 0.1) is 0 Å². The van der Waals surface area contributed by atoms with Crippen molar-refractivity contribution in [3.05, 3.63) is 100 Å². The highest BCUT2D eigenvalue weighted by Gasteiger charge is 2.39. The topological polar surface area (TPSA) is 105 Å². The van der Waals surface area contributed by atoms with E-state index in [-0.39, 0.29) is 40.4 Å². The minimum Gasteiger partial charge on any atom is -0.462 e. The number of halogens is 1. The van der Waals surface area contributed by atoms with Crippen LogP contribution in [-0.2, 0) is 14.3 Å². The van der Waals surface area contributed by atoms with Crippen molar-refractivity contribution in [3.8, 4) is 0 Å². The van der Waals surface area contributed by atoms with Gasteiger partial charge in [0.15, 0.2) is 0 Å². The van der Waals surface area contributed by atoms with Crippen molar-refractivity contribution in [3.63, 3.8) is 0 Å². The lowest BCUT2D eigenvalue weighted by molar-refractivity contribution is -0.120. The fourth-order valence-electron chi connectivity index (χ4n) is 4.17. The number of para-hydroxylation sites is 1. The zero-order valence-corrected chi connectivity index (χ0v) is 23.2. The second-order valence-electron chi connectivity index (χ2n) is 9.57. The van der Waals surface area contributed by atoms with E-state index in [9.17, 15) is 19.2 Å². The average Bonchev–Trinajstić information content (AvgIpc) is 3.16. The number of carbonyl (C=O) groups excluding carboxylic acids is 4. The molecule has 1 aliphatic heterocycles. The highest BCUT2D eigenvalue weighted by molar-refractivity contribution is 6.53. The largest absolute Gasteiger partial charge is 0.462 e. The second-order valence-corrected chi connectivity index (χ2v) is 9.95. The van der Waals surface area contributed by atoms with Crippen molar-refractivity contribution in [2.45, 2.75) is 39.5 Å². The molecule has 0 fully saturated rings. The van der Waals surface area contributed by atoms with Crippen molar-refractivity contribution in [1.29, 1.82) is 0 Å². The van der Waals surface area contributed by atoms with Gasteiger partial charge in [0.2, 0.25) is 0 Å². The molecule has 0 aliphatic carbocycles. The summed E-state index contributed by atoms with van der Waals surface area (Å²) in [6.45, 7) is 6.39. The molecular formula is C31H30ClN3O5. The zero-order chi connectivity index (χ0) is 28.8. The molecule has 0 spiro atoms. The first kappa shape index (κ1) is 28.6. The summed E-state index contributed by atoms with van der Waals surface area (Å²) in [6.07, 6.45) is 1.62. The van der Waals surface area contributed by atoms with Crippen molar-refractivity contribution >= 4 is 52.4 Å². The van der Waals surface area contributed by atoms with Crippen LogP contribution >= 0.6 is 11.6 Å². The molecule has 40 heavy (non-hydrogen) atoms. The average molecular weight is 560 g/mol. The van der Waals surface area contributed by atoms with E-state index < -0.39 is 17.8 Å². The summed E-state index contributed by atoms with van der Waals surface area (Å²) in [4.78, 5) is 52.2. The number of unbranched alkanes of at least 4 members (excludes halogenated alkanes) is 1. The number of esters is 1. The minimum absolute atomic E-state index is 0.106. The summed E-state index contributed by atoms with van der Waals surface area (Å²) >= 11 is 6.27. The van der Waals surface area contributed by atoms with E-state index in [1.54, 1.807) is 36.4 Å².